The second-order valence-electron chi connectivity index (χ2n) is 9.16. The van der Waals surface area contributed by atoms with Crippen molar-refractivity contribution >= 4 is 17.5 Å². The molecule has 1 saturated heterocycles. The Hall–Kier alpha value is -2.56. The third kappa shape index (κ3) is 3.51. The van der Waals surface area contributed by atoms with Crippen LogP contribution in [-0.2, 0) is 0 Å². The van der Waals surface area contributed by atoms with Gasteiger partial charge in [-0.1, -0.05) is 20.8 Å². The quantitative estimate of drug-likeness (QED) is 0.865. The molecule has 1 aromatic carbocycles. The predicted molar refractivity (Wildman–Crippen MR) is 104 cm³/mol. The van der Waals surface area contributed by atoms with Crippen molar-refractivity contribution in [3.8, 4) is 0 Å². The second-order valence-corrected chi connectivity index (χ2v) is 9.16. The maximum atomic E-state index is 13.1. The fraction of sp³-hybridized carbons (Fsp3) is 0.455. The molecule has 1 saturated carbocycles. The van der Waals surface area contributed by atoms with E-state index in [9.17, 15) is 9.59 Å². The number of furan rings is 1. The van der Waals surface area contributed by atoms with Gasteiger partial charge in [0.15, 0.2) is 5.76 Å². The number of fused-ring (bicyclic) bond motifs is 2. The summed E-state index contributed by atoms with van der Waals surface area (Å²) >= 11 is 0. The Morgan fingerprint density at radius 3 is 2.52 bits per heavy atom. The lowest BCUT2D eigenvalue weighted by atomic mass is 9.65. The second kappa shape index (κ2) is 6.25. The molecule has 1 N–H and O–H groups in total. The van der Waals surface area contributed by atoms with Crippen molar-refractivity contribution < 1.29 is 14.0 Å². The molecule has 2 atom stereocenters. The summed E-state index contributed by atoms with van der Waals surface area (Å²) in [6.45, 7) is 7.75. The number of nitrogens with zero attached hydrogens (tertiary/aromatic N) is 1. The van der Waals surface area contributed by atoms with E-state index >= 15 is 0 Å². The van der Waals surface area contributed by atoms with Gasteiger partial charge in [0, 0.05) is 23.8 Å². The highest BCUT2D eigenvalue weighted by molar-refractivity contribution is 6.02. The first-order valence-corrected chi connectivity index (χ1v) is 9.51. The van der Waals surface area contributed by atoms with Crippen LogP contribution in [0, 0.1) is 10.8 Å². The first-order chi connectivity index (χ1) is 12.7. The molecule has 0 radical (unpaired) electrons. The highest BCUT2D eigenvalue weighted by Gasteiger charge is 2.50. The zero-order valence-electron chi connectivity index (χ0n) is 16.1. The minimum atomic E-state index is -0.303. The average Bonchev–Trinajstić information content (AvgIpc) is 3.20. The molecule has 2 heterocycles. The molecule has 5 nitrogen and oxygen atoms in total. The third-order valence-corrected chi connectivity index (χ3v) is 5.81. The minimum absolute atomic E-state index is 0.0883. The lowest BCUT2D eigenvalue weighted by molar-refractivity contribution is 0.0708. The molecular formula is C22H26N2O3. The van der Waals surface area contributed by atoms with E-state index < -0.39 is 0 Å². The van der Waals surface area contributed by atoms with Gasteiger partial charge in [0.2, 0.25) is 0 Å². The minimum Gasteiger partial charge on any atom is -0.459 e. The smallest absolute Gasteiger partial charge is 0.291 e. The van der Waals surface area contributed by atoms with Crippen LogP contribution >= 0.6 is 0 Å². The Bertz CT molecular complexity index is 854. The van der Waals surface area contributed by atoms with Gasteiger partial charge in [-0.25, -0.2) is 0 Å². The predicted octanol–water partition coefficient (Wildman–Crippen LogP) is 4.57. The summed E-state index contributed by atoms with van der Waals surface area (Å²) in [5.41, 5.74) is 1.81. The van der Waals surface area contributed by atoms with Crippen LogP contribution in [0.5, 0.6) is 0 Å². The summed E-state index contributed by atoms with van der Waals surface area (Å²) in [5, 5.41) is 2.78. The molecule has 27 heavy (non-hydrogen) atoms. The highest BCUT2D eigenvalue weighted by atomic mass is 16.3. The fourth-order valence-electron chi connectivity index (χ4n) is 5.16. The van der Waals surface area contributed by atoms with E-state index in [0.717, 1.165) is 25.8 Å². The molecule has 142 valence electrons. The molecule has 2 aromatic rings. The normalized spacial score (nSPS) is 26.0. The van der Waals surface area contributed by atoms with Crippen LogP contribution in [0.2, 0.25) is 0 Å². The van der Waals surface area contributed by atoms with Gasteiger partial charge in [0.25, 0.3) is 11.8 Å². The molecule has 1 aliphatic carbocycles. The first kappa shape index (κ1) is 17.8. The molecule has 0 spiro atoms. The van der Waals surface area contributed by atoms with Crippen molar-refractivity contribution in [3.63, 3.8) is 0 Å². The van der Waals surface area contributed by atoms with Gasteiger partial charge >= 0.3 is 0 Å². The summed E-state index contributed by atoms with van der Waals surface area (Å²) in [7, 11) is 0. The van der Waals surface area contributed by atoms with Gasteiger partial charge in [-0.2, -0.15) is 0 Å². The van der Waals surface area contributed by atoms with Crippen LogP contribution in [-0.4, -0.2) is 29.3 Å². The monoisotopic (exact) mass is 366 g/mol. The molecule has 1 aliphatic heterocycles. The van der Waals surface area contributed by atoms with Crippen LogP contribution in [0.25, 0.3) is 0 Å². The van der Waals surface area contributed by atoms with E-state index in [1.54, 1.807) is 36.4 Å². The summed E-state index contributed by atoms with van der Waals surface area (Å²) in [5.74, 6) is 0.0447. The summed E-state index contributed by atoms with van der Waals surface area (Å²) in [4.78, 5) is 27.2. The van der Waals surface area contributed by atoms with Gasteiger partial charge in [-0.3, -0.25) is 9.59 Å². The van der Waals surface area contributed by atoms with Crippen molar-refractivity contribution in [3.05, 3.63) is 54.0 Å². The Morgan fingerprint density at radius 2 is 1.85 bits per heavy atom. The topological polar surface area (TPSA) is 62.6 Å². The van der Waals surface area contributed by atoms with Crippen LogP contribution in [0.15, 0.2) is 47.1 Å². The Balaban J connectivity index is 1.46. The Labute approximate surface area is 159 Å². The molecule has 2 fully saturated rings. The summed E-state index contributed by atoms with van der Waals surface area (Å²) in [6.07, 6.45) is 4.79. The van der Waals surface area contributed by atoms with Crippen molar-refractivity contribution in [2.24, 2.45) is 10.8 Å². The zero-order valence-corrected chi connectivity index (χ0v) is 16.1. The molecule has 2 bridgehead atoms. The molecule has 4 rings (SSSR count). The molecule has 1 aromatic heterocycles. The molecule has 2 amide bonds. The largest absolute Gasteiger partial charge is 0.459 e. The average molecular weight is 366 g/mol. The van der Waals surface area contributed by atoms with E-state index in [-0.39, 0.29) is 28.4 Å². The van der Waals surface area contributed by atoms with Gasteiger partial charge in [0.1, 0.15) is 0 Å². The number of amides is 2. The molecular weight excluding hydrogens is 340 g/mol. The van der Waals surface area contributed by atoms with Gasteiger partial charge < -0.3 is 14.6 Å². The Kier molecular flexibility index (Phi) is 4.13. The maximum absolute atomic E-state index is 13.1. The van der Waals surface area contributed by atoms with Crippen molar-refractivity contribution in [2.45, 2.75) is 46.1 Å². The van der Waals surface area contributed by atoms with Crippen LogP contribution in [0.1, 0.15) is 60.9 Å². The van der Waals surface area contributed by atoms with Crippen LogP contribution < -0.4 is 5.32 Å². The number of benzene rings is 1. The number of rotatable bonds is 3. The maximum Gasteiger partial charge on any atom is 0.291 e. The van der Waals surface area contributed by atoms with E-state index in [0.29, 0.717) is 17.3 Å². The lowest BCUT2D eigenvalue weighted by Gasteiger charge is -2.39. The van der Waals surface area contributed by atoms with E-state index in [4.69, 9.17) is 4.42 Å². The fourth-order valence-corrected chi connectivity index (χ4v) is 5.16. The SMILES string of the molecule is CC1(C)C[C@H]2C[C@@](C)(CN2C(=O)c2ccc(NC(=O)c3ccco3)cc2)C1. The van der Waals surface area contributed by atoms with Gasteiger partial charge in [-0.05, 0) is 66.5 Å². The Morgan fingerprint density at radius 1 is 1.11 bits per heavy atom. The highest BCUT2D eigenvalue weighted by Crippen LogP contribution is 2.52. The summed E-state index contributed by atoms with van der Waals surface area (Å²) in [6, 6.07) is 10.7. The standard InChI is InChI=1S/C22H26N2O3/c1-21(2)11-17-12-22(3,13-21)14-24(17)20(26)15-6-8-16(9-7-15)23-19(25)18-5-4-10-27-18/h4-10,17H,11-14H2,1-3H3,(H,23,25)/t17-,22+/m0/s1. The first-order valence-electron chi connectivity index (χ1n) is 9.51. The third-order valence-electron chi connectivity index (χ3n) is 5.81. The number of carbonyl (C=O) groups excluding carboxylic acids is 2. The van der Waals surface area contributed by atoms with Crippen LogP contribution in [0.4, 0.5) is 5.69 Å². The molecule has 2 aliphatic rings. The number of carbonyl (C=O) groups is 2. The number of likely N-dealkylation sites (tertiary alicyclic amines) is 1. The van der Waals surface area contributed by atoms with Gasteiger partial charge in [-0.15, -0.1) is 0 Å². The van der Waals surface area contributed by atoms with Crippen molar-refractivity contribution in [1.29, 1.82) is 0 Å². The number of hydrogen-bond donors (Lipinski definition) is 1. The zero-order chi connectivity index (χ0) is 19.2. The van der Waals surface area contributed by atoms with Gasteiger partial charge in [0.05, 0.1) is 6.26 Å². The lowest BCUT2D eigenvalue weighted by Crippen LogP contribution is -2.37. The summed E-state index contributed by atoms with van der Waals surface area (Å²) < 4.78 is 5.09. The van der Waals surface area contributed by atoms with E-state index in [1.807, 2.05) is 0 Å². The molecule has 0 unspecified atom stereocenters. The number of nitrogens with one attached hydrogen (secondary N) is 1. The van der Waals surface area contributed by atoms with E-state index in [1.165, 1.54) is 6.26 Å². The van der Waals surface area contributed by atoms with Crippen molar-refractivity contribution in [2.75, 3.05) is 11.9 Å². The number of anilines is 1. The van der Waals surface area contributed by atoms with Crippen molar-refractivity contribution in [1.82, 2.24) is 4.90 Å². The molecule has 5 heteroatoms. The van der Waals surface area contributed by atoms with E-state index in [2.05, 4.69) is 31.0 Å². The number of hydrogen-bond acceptors (Lipinski definition) is 3. The van der Waals surface area contributed by atoms with Crippen LogP contribution in [0.3, 0.4) is 0 Å².